The molecule has 2 unspecified atom stereocenters. The minimum absolute atomic E-state index is 0.0939. The number of ether oxygens (including phenoxy) is 1. The van der Waals surface area contributed by atoms with Crippen molar-refractivity contribution in [3.8, 4) is 0 Å². The Labute approximate surface area is 164 Å². The molecular weight excluding hydrogens is 358 g/mol. The van der Waals surface area contributed by atoms with Crippen LogP contribution in [0.2, 0.25) is 0 Å². The van der Waals surface area contributed by atoms with Crippen molar-refractivity contribution in [3.05, 3.63) is 59.9 Å². The van der Waals surface area contributed by atoms with Gasteiger partial charge in [0.1, 0.15) is 11.7 Å². The summed E-state index contributed by atoms with van der Waals surface area (Å²) < 4.78 is 5.75. The van der Waals surface area contributed by atoms with E-state index in [0.717, 1.165) is 24.3 Å². The second-order valence-corrected chi connectivity index (χ2v) is 7.12. The summed E-state index contributed by atoms with van der Waals surface area (Å²) in [5, 5.41) is 12.1. The van der Waals surface area contributed by atoms with Crippen LogP contribution in [0, 0.1) is 0 Å². The zero-order valence-electron chi connectivity index (χ0n) is 16.0. The molecule has 0 spiro atoms. The zero-order valence-corrected chi connectivity index (χ0v) is 16.0. The Kier molecular flexibility index (Phi) is 6.26. The van der Waals surface area contributed by atoms with E-state index < -0.39 is 17.9 Å². The number of hydrogen-bond acceptors (Lipinski definition) is 5. The fourth-order valence-corrected chi connectivity index (χ4v) is 3.41. The summed E-state index contributed by atoms with van der Waals surface area (Å²) in [6.07, 6.45) is 1.97. The van der Waals surface area contributed by atoms with Gasteiger partial charge in [-0.3, -0.25) is 9.78 Å². The lowest BCUT2D eigenvalue weighted by molar-refractivity contribution is -0.139. The van der Waals surface area contributed by atoms with Crippen molar-refractivity contribution in [2.75, 3.05) is 18.0 Å². The molecule has 1 aromatic heterocycles. The SMILES string of the molecule is CC1CN(c2ccnc(C(=O)N[C@H](Cc3ccccc3)C(=O)O)c2)CC(C)O1. The fraction of sp³-hybridized carbons (Fsp3) is 0.381. The molecule has 0 bridgehead atoms. The number of nitrogens with one attached hydrogen (secondary N) is 1. The molecular formula is C21H25N3O4. The number of rotatable bonds is 6. The molecule has 2 aromatic rings. The molecule has 0 aliphatic carbocycles. The van der Waals surface area contributed by atoms with Crippen molar-refractivity contribution in [1.82, 2.24) is 10.3 Å². The summed E-state index contributed by atoms with van der Waals surface area (Å²) >= 11 is 0. The lowest BCUT2D eigenvalue weighted by Crippen LogP contribution is -2.45. The average molecular weight is 383 g/mol. The third-order valence-electron chi connectivity index (χ3n) is 4.65. The summed E-state index contributed by atoms with van der Waals surface area (Å²) in [6.45, 7) is 5.47. The molecule has 3 atom stereocenters. The maximum Gasteiger partial charge on any atom is 0.326 e. The van der Waals surface area contributed by atoms with E-state index in [4.69, 9.17) is 4.74 Å². The van der Waals surface area contributed by atoms with Crippen LogP contribution in [0.15, 0.2) is 48.7 Å². The Balaban J connectivity index is 1.72. The van der Waals surface area contributed by atoms with Crippen molar-refractivity contribution >= 4 is 17.6 Å². The number of nitrogens with zero attached hydrogens (tertiary/aromatic N) is 2. The minimum Gasteiger partial charge on any atom is -0.480 e. The van der Waals surface area contributed by atoms with Gasteiger partial charge in [-0.2, -0.15) is 0 Å². The maximum absolute atomic E-state index is 12.6. The summed E-state index contributed by atoms with van der Waals surface area (Å²) in [4.78, 5) is 30.5. The smallest absolute Gasteiger partial charge is 0.326 e. The van der Waals surface area contributed by atoms with Crippen LogP contribution in [-0.2, 0) is 16.0 Å². The highest BCUT2D eigenvalue weighted by atomic mass is 16.5. The van der Waals surface area contributed by atoms with Gasteiger partial charge < -0.3 is 20.1 Å². The number of carboxylic acids is 1. The molecule has 1 aliphatic rings. The minimum atomic E-state index is -1.08. The second kappa shape index (κ2) is 8.84. The first-order valence-corrected chi connectivity index (χ1v) is 9.36. The Morgan fingerprint density at radius 1 is 1.21 bits per heavy atom. The van der Waals surface area contributed by atoms with Crippen LogP contribution in [-0.4, -0.2) is 53.3 Å². The van der Waals surface area contributed by atoms with Gasteiger partial charge in [0.2, 0.25) is 0 Å². The lowest BCUT2D eigenvalue weighted by Gasteiger charge is -2.36. The van der Waals surface area contributed by atoms with Gasteiger partial charge in [0, 0.05) is 31.4 Å². The molecule has 148 valence electrons. The molecule has 0 radical (unpaired) electrons. The van der Waals surface area contributed by atoms with Crippen LogP contribution in [0.5, 0.6) is 0 Å². The quantitative estimate of drug-likeness (QED) is 0.794. The van der Waals surface area contributed by atoms with Gasteiger partial charge in [-0.15, -0.1) is 0 Å². The maximum atomic E-state index is 12.6. The Bertz CT molecular complexity index is 817. The lowest BCUT2D eigenvalue weighted by atomic mass is 10.1. The van der Waals surface area contributed by atoms with Crippen molar-refractivity contribution < 1.29 is 19.4 Å². The highest BCUT2D eigenvalue weighted by Crippen LogP contribution is 2.20. The first-order chi connectivity index (χ1) is 13.4. The number of aromatic nitrogens is 1. The van der Waals surface area contributed by atoms with E-state index in [1.807, 2.05) is 50.2 Å². The third kappa shape index (κ3) is 5.07. The number of benzene rings is 1. The Morgan fingerprint density at radius 2 is 1.89 bits per heavy atom. The van der Waals surface area contributed by atoms with Crippen LogP contribution in [0.25, 0.3) is 0 Å². The molecule has 2 N–H and O–H groups in total. The molecule has 28 heavy (non-hydrogen) atoms. The van der Waals surface area contributed by atoms with Crippen LogP contribution < -0.4 is 10.2 Å². The predicted octanol–water partition coefficient (Wildman–Crippen LogP) is 2.12. The summed E-state index contributed by atoms with van der Waals surface area (Å²) in [6, 6.07) is 11.7. The van der Waals surface area contributed by atoms with Crippen molar-refractivity contribution in [2.45, 2.75) is 38.5 Å². The van der Waals surface area contributed by atoms with Gasteiger partial charge in [0.15, 0.2) is 0 Å². The third-order valence-corrected chi connectivity index (χ3v) is 4.65. The number of amides is 1. The topological polar surface area (TPSA) is 91.8 Å². The van der Waals surface area contributed by atoms with E-state index in [1.54, 1.807) is 12.3 Å². The molecule has 1 aliphatic heterocycles. The van der Waals surface area contributed by atoms with Crippen LogP contribution in [0.1, 0.15) is 29.9 Å². The van der Waals surface area contributed by atoms with Crippen molar-refractivity contribution in [3.63, 3.8) is 0 Å². The molecule has 7 heteroatoms. The van der Waals surface area contributed by atoms with Crippen LogP contribution in [0.4, 0.5) is 5.69 Å². The Hall–Kier alpha value is -2.93. The standard InChI is InChI=1S/C21H25N3O4/c1-14-12-24(13-15(2)28-14)17-8-9-22-18(11-17)20(25)23-19(21(26)27)10-16-6-4-3-5-7-16/h3-9,11,14-15,19H,10,12-13H2,1-2H3,(H,23,25)(H,26,27)/t14?,15?,19-/m1/s1. The van der Waals surface area contributed by atoms with Crippen molar-refractivity contribution in [2.24, 2.45) is 0 Å². The highest BCUT2D eigenvalue weighted by Gasteiger charge is 2.25. The van der Waals surface area contributed by atoms with E-state index in [-0.39, 0.29) is 24.3 Å². The number of morpholine rings is 1. The number of carboxylic acid groups (broad SMARTS) is 1. The number of hydrogen-bond donors (Lipinski definition) is 2. The van der Waals surface area contributed by atoms with Crippen LogP contribution >= 0.6 is 0 Å². The molecule has 1 saturated heterocycles. The van der Waals surface area contributed by atoms with Gasteiger partial charge in [0.05, 0.1) is 12.2 Å². The molecule has 3 rings (SSSR count). The number of anilines is 1. The highest BCUT2D eigenvalue weighted by molar-refractivity contribution is 5.95. The van der Waals surface area contributed by atoms with Crippen LogP contribution in [0.3, 0.4) is 0 Å². The van der Waals surface area contributed by atoms with E-state index in [1.165, 1.54) is 0 Å². The van der Waals surface area contributed by atoms with E-state index >= 15 is 0 Å². The largest absolute Gasteiger partial charge is 0.480 e. The summed E-state index contributed by atoms with van der Waals surface area (Å²) in [5.74, 6) is -1.58. The van der Waals surface area contributed by atoms with Gasteiger partial charge >= 0.3 is 5.97 Å². The molecule has 0 saturated carbocycles. The number of pyridine rings is 1. The first-order valence-electron chi connectivity index (χ1n) is 9.36. The van der Waals surface area contributed by atoms with Gasteiger partial charge in [-0.25, -0.2) is 4.79 Å². The fourth-order valence-electron chi connectivity index (χ4n) is 3.41. The van der Waals surface area contributed by atoms with E-state index in [9.17, 15) is 14.7 Å². The monoisotopic (exact) mass is 383 g/mol. The normalized spacial score (nSPS) is 20.4. The molecule has 1 amide bonds. The number of carbonyl (C=O) groups excluding carboxylic acids is 1. The van der Waals surface area contributed by atoms with Gasteiger partial charge in [-0.1, -0.05) is 30.3 Å². The summed E-state index contributed by atoms with van der Waals surface area (Å²) in [7, 11) is 0. The molecule has 1 fully saturated rings. The number of carbonyl (C=O) groups is 2. The van der Waals surface area contributed by atoms with E-state index in [2.05, 4.69) is 15.2 Å². The van der Waals surface area contributed by atoms with Crippen molar-refractivity contribution in [1.29, 1.82) is 0 Å². The molecule has 2 heterocycles. The average Bonchev–Trinajstić information content (AvgIpc) is 2.67. The molecule has 1 aromatic carbocycles. The first kappa shape index (κ1) is 19.8. The number of aliphatic carboxylic acids is 1. The van der Waals surface area contributed by atoms with E-state index in [0.29, 0.717) is 0 Å². The van der Waals surface area contributed by atoms with Gasteiger partial charge in [-0.05, 0) is 31.5 Å². The Morgan fingerprint density at radius 3 is 2.54 bits per heavy atom. The predicted molar refractivity (Wildman–Crippen MR) is 105 cm³/mol. The van der Waals surface area contributed by atoms with Gasteiger partial charge in [0.25, 0.3) is 5.91 Å². The molecule has 7 nitrogen and oxygen atoms in total. The summed E-state index contributed by atoms with van der Waals surface area (Å²) in [5.41, 5.74) is 1.91. The second-order valence-electron chi connectivity index (χ2n) is 7.12. The zero-order chi connectivity index (χ0) is 20.1.